The van der Waals surface area contributed by atoms with Gasteiger partial charge < -0.3 is 10.6 Å². The number of piperidine rings is 1. The van der Waals surface area contributed by atoms with Gasteiger partial charge in [-0.15, -0.1) is 0 Å². The van der Waals surface area contributed by atoms with Gasteiger partial charge in [0.15, 0.2) is 0 Å². The number of nitrogen functional groups attached to an aromatic ring is 1. The van der Waals surface area contributed by atoms with E-state index in [0.717, 1.165) is 25.9 Å². The lowest BCUT2D eigenvalue weighted by atomic mass is 9.77. The van der Waals surface area contributed by atoms with E-state index < -0.39 is 0 Å². The number of nitrogens with two attached hydrogens (primary N) is 1. The van der Waals surface area contributed by atoms with Crippen LogP contribution in [0.25, 0.3) is 0 Å². The van der Waals surface area contributed by atoms with Gasteiger partial charge in [0, 0.05) is 31.2 Å². The molecular formula is C15H21N3O. The fraction of sp³-hybridized carbons (Fsp3) is 0.600. The zero-order valence-corrected chi connectivity index (χ0v) is 11.3. The number of carbonyl (C=O) groups excluding carboxylic acids is 1. The van der Waals surface area contributed by atoms with Gasteiger partial charge in [-0.1, -0.05) is 12.8 Å². The van der Waals surface area contributed by atoms with Gasteiger partial charge in [-0.25, -0.2) is 0 Å². The topological polar surface area (TPSA) is 59.2 Å². The molecule has 0 bridgehead atoms. The van der Waals surface area contributed by atoms with Crippen LogP contribution >= 0.6 is 0 Å². The third-order valence-corrected chi connectivity index (χ3v) is 4.86. The molecule has 4 nitrogen and oxygen atoms in total. The summed E-state index contributed by atoms with van der Waals surface area (Å²) in [6.45, 7) is 1.74. The second-order valence-electron chi connectivity index (χ2n) is 5.96. The Bertz CT molecular complexity index is 470. The van der Waals surface area contributed by atoms with E-state index in [0.29, 0.717) is 16.7 Å². The first-order chi connectivity index (χ1) is 9.20. The molecule has 2 heterocycles. The maximum absolute atomic E-state index is 12.4. The van der Waals surface area contributed by atoms with E-state index in [1.165, 1.54) is 25.7 Å². The molecule has 19 heavy (non-hydrogen) atoms. The molecule has 2 N–H and O–H groups in total. The third kappa shape index (κ3) is 2.31. The van der Waals surface area contributed by atoms with E-state index in [4.69, 9.17) is 5.73 Å². The number of carbonyl (C=O) groups is 1. The number of anilines is 1. The first-order valence-electron chi connectivity index (χ1n) is 7.19. The molecule has 2 fully saturated rings. The molecule has 1 aliphatic carbocycles. The average molecular weight is 259 g/mol. The van der Waals surface area contributed by atoms with Gasteiger partial charge in [-0.2, -0.15) is 0 Å². The molecular weight excluding hydrogens is 238 g/mol. The third-order valence-electron chi connectivity index (χ3n) is 4.86. The Kier molecular flexibility index (Phi) is 3.17. The summed E-state index contributed by atoms with van der Waals surface area (Å²) in [6.07, 6.45) is 10.9. The highest BCUT2D eigenvalue weighted by atomic mass is 16.2. The van der Waals surface area contributed by atoms with Crippen molar-refractivity contribution in [3.8, 4) is 0 Å². The Morgan fingerprint density at radius 1 is 1.21 bits per heavy atom. The van der Waals surface area contributed by atoms with Crippen LogP contribution in [0.1, 0.15) is 48.9 Å². The van der Waals surface area contributed by atoms with Crippen LogP contribution in [0.15, 0.2) is 18.5 Å². The van der Waals surface area contributed by atoms with Crippen molar-refractivity contribution in [1.82, 2.24) is 9.88 Å². The second-order valence-corrected chi connectivity index (χ2v) is 5.96. The summed E-state index contributed by atoms with van der Waals surface area (Å²) < 4.78 is 0. The smallest absolute Gasteiger partial charge is 0.257 e. The Balaban J connectivity index is 1.68. The Hall–Kier alpha value is -1.58. The molecule has 3 rings (SSSR count). The van der Waals surface area contributed by atoms with Crippen LogP contribution in [0.4, 0.5) is 5.69 Å². The van der Waals surface area contributed by atoms with Crippen molar-refractivity contribution < 1.29 is 4.79 Å². The van der Waals surface area contributed by atoms with E-state index in [2.05, 4.69) is 4.98 Å². The first-order valence-corrected chi connectivity index (χ1v) is 7.19. The molecule has 1 aliphatic heterocycles. The van der Waals surface area contributed by atoms with E-state index in [-0.39, 0.29) is 5.91 Å². The maximum atomic E-state index is 12.4. The number of pyridine rings is 1. The molecule has 1 saturated carbocycles. The predicted octanol–water partition coefficient (Wildman–Crippen LogP) is 2.46. The van der Waals surface area contributed by atoms with Gasteiger partial charge in [-0.3, -0.25) is 9.78 Å². The minimum absolute atomic E-state index is 0.0402. The van der Waals surface area contributed by atoms with Crippen molar-refractivity contribution in [2.75, 3.05) is 18.8 Å². The van der Waals surface area contributed by atoms with Crippen molar-refractivity contribution >= 4 is 11.6 Å². The molecule has 4 heteroatoms. The Morgan fingerprint density at radius 3 is 2.53 bits per heavy atom. The summed E-state index contributed by atoms with van der Waals surface area (Å²) in [5.74, 6) is 0.0402. The highest BCUT2D eigenvalue weighted by molar-refractivity contribution is 5.98. The number of nitrogens with zero attached hydrogens (tertiary/aromatic N) is 2. The number of aromatic nitrogens is 1. The van der Waals surface area contributed by atoms with Crippen molar-refractivity contribution in [3.05, 3.63) is 24.0 Å². The fourth-order valence-electron chi connectivity index (χ4n) is 3.56. The van der Waals surface area contributed by atoms with E-state index >= 15 is 0 Å². The molecule has 1 spiro atoms. The molecule has 1 aromatic heterocycles. The highest BCUT2D eigenvalue weighted by Gasteiger charge is 2.38. The van der Waals surface area contributed by atoms with Crippen LogP contribution in [0.3, 0.4) is 0 Å². The lowest BCUT2D eigenvalue weighted by Crippen LogP contribution is -2.42. The molecule has 0 unspecified atom stereocenters. The molecule has 1 amide bonds. The van der Waals surface area contributed by atoms with Crippen molar-refractivity contribution in [1.29, 1.82) is 0 Å². The van der Waals surface area contributed by atoms with Crippen LogP contribution in [0.2, 0.25) is 0 Å². The normalized spacial score (nSPS) is 21.8. The second kappa shape index (κ2) is 4.83. The molecule has 0 aromatic carbocycles. The van der Waals surface area contributed by atoms with Crippen LogP contribution in [-0.2, 0) is 0 Å². The summed E-state index contributed by atoms with van der Waals surface area (Å²) in [4.78, 5) is 18.4. The molecule has 1 saturated heterocycles. The average Bonchev–Trinajstić information content (AvgIpc) is 2.88. The Labute approximate surface area is 114 Å². The van der Waals surface area contributed by atoms with Crippen LogP contribution in [0.5, 0.6) is 0 Å². The molecule has 2 aliphatic rings. The van der Waals surface area contributed by atoms with Crippen LogP contribution in [0, 0.1) is 5.41 Å². The summed E-state index contributed by atoms with van der Waals surface area (Å²) in [6, 6.07) is 1.69. The van der Waals surface area contributed by atoms with Crippen LogP contribution < -0.4 is 5.73 Å². The van der Waals surface area contributed by atoms with E-state index in [9.17, 15) is 4.79 Å². The predicted molar refractivity (Wildman–Crippen MR) is 74.7 cm³/mol. The largest absolute Gasteiger partial charge is 0.398 e. The van der Waals surface area contributed by atoms with Gasteiger partial charge in [0.2, 0.25) is 0 Å². The number of hydrogen-bond acceptors (Lipinski definition) is 3. The number of hydrogen-bond donors (Lipinski definition) is 1. The summed E-state index contributed by atoms with van der Waals surface area (Å²) >= 11 is 0. The first kappa shape index (κ1) is 12.5. The number of likely N-dealkylation sites (tertiary alicyclic amines) is 1. The highest BCUT2D eigenvalue weighted by Crippen LogP contribution is 2.46. The van der Waals surface area contributed by atoms with Gasteiger partial charge in [0.25, 0.3) is 5.91 Å². The molecule has 102 valence electrons. The minimum Gasteiger partial charge on any atom is -0.398 e. The summed E-state index contributed by atoms with van der Waals surface area (Å²) in [7, 11) is 0. The van der Waals surface area contributed by atoms with Gasteiger partial charge >= 0.3 is 0 Å². The number of amides is 1. The standard InChI is InChI=1S/C15H21N3O/c16-13-3-8-17-11-12(13)14(19)18-9-6-15(7-10-18)4-1-2-5-15/h3,8,11H,1-2,4-7,9-10H2,(H2,16,17). The molecule has 0 radical (unpaired) electrons. The quantitative estimate of drug-likeness (QED) is 0.842. The number of rotatable bonds is 1. The monoisotopic (exact) mass is 259 g/mol. The van der Waals surface area contributed by atoms with Crippen molar-refractivity contribution in [3.63, 3.8) is 0 Å². The maximum Gasteiger partial charge on any atom is 0.257 e. The van der Waals surface area contributed by atoms with E-state index in [1.807, 2.05) is 4.90 Å². The SMILES string of the molecule is Nc1ccncc1C(=O)N1CCC2(CCCC2)CC1. The lowest BCUT2D eigenvalue weighted by molar-refractivity contribution is 0.0588. The minimum atomic E-state index is 0.0402. The zero-order chi connectivity index (χ0) is 13.3. The van der Waals surface area contributed by atoms with Gasteiger partial charge in [0.1, 0.15) is 0 Å². The fourth-order valence-corrected chi connectivity index (χ4v) is 3.56. The van der Waals surface area contributed by atoms with Crippen molar-refractivity contribution in [2.24, 2.45) is 5.41 Å². The van der Waals surface area contributed by atoms with E-state index in [1.54, 1.807) is 18.5 Å². The summed E-state index contributed by atoms with van der Waals surface area (Å²) in [5.41, 5.74) is 7.47. The summed E-state index contributed by atoms with van der Waals surface area (Å²) in [5, 5.41) is 0. The van der Waals surface area contributed by atoms with Gasteiger partial charge in [-0.05, 0) is 37.2 Å². The Morgan fingerprint density at radius 2 is 1.89 bits per heavy atom. The van der Waals surface area contributed by atoms with Gasteiger partial charge in [0.05, 0.1) is 5.56 Å². The zero-order valence-electron chi connectivity index (χ0n) is 11.3. The lowest BCUT2D eigenvalue weighted by Gasteiger charge is -2.39. The van der Waals surface area contributed by atoms with Crippen molar-refractivity contribution in [2.45, 2.75) is 38.5 Å². The molecule has 0 atom stereocenters. The molecule has 1 aromatic rings. The van der Waals surface area contributed by atoms with Crippen LogP contribution in [-0.4, -0.2) is 28.9 Å².